The predicted octanol–water partition coefficient (Wildman–Crippen LogP) is 3.56. The molecule has 0 saturated carbocycles. The highest BCUT2D eigenvalue weighted by Gasteiger charge is 2.30. The van der Waals surface area contributed by atoms with Gasteiger partial charge in [0.05, 0.1) is 11.6 Å². The summed E-state index contributed by atoms with van der Waals surface area (Å²) in [5.41, 5.74) is 1.14. The molecule has 6 nitrogen and oxygen atoms in total. The smallest absolute Gasteiger partial charge is 0.416 e. The van der Waals surface area contributed by atoms with Gasteiger partial charge in [-0.1, -0.05) is 28.1 Å². The summed E-state index contributed by atoms with van der Waals surface area (Å²) in [6, 6.07) is 9.19. The van der Waals surface area contributed by atoms with Crippen molar-refractivity contribution >= 4 is 33.5 Å². The number of aromatic nitrogens is 2. The number of nitrogens with zero attached hydrogens (tertiary/aromatic N) is 3. The number of hydrogen-bond acceptors (Lipinski definition) is 4. The van der Waals surface area contributed by atoms with Crippen molar-refractivity contribution in [2.75, 3.05) is 5.32 Å². The molecule has 0 saturated heterocycles. The molecule has 0 bridgehead atoms. The first kappa shape index (κ1) is 19.9. The van der Waals surface area contributed by atoms with Crippen LogP contribution in [0.15, 0.2) is 62.6 Å². The van der Waals surface area contributed by atoms with Crippen LogP contribution in [0, 0.1) is 6.92 Å². The van der Waals surface area contributed by atoms with Crippen molar-refractivity contribution in [2.24, 2.45) is 4.99 Å². The highest BCUT2D eigenvalue weighted by Crippen LogP contribution is 2.30. The molecule has 28 heavy (non-hydrogen) atoms. The first-order valence-electron chi connectivity index (χ1n) is 8.02. The first-order valence-corrected chi connectivity index (χ1v) is 8.81. The minimum atomic E-state index is -4.50. The maximum Gasteiger partial charge on any atom is 0.416 e. The predicted molar refractivity (Wildman–Crippen MR) is 96.8 cm³/mol. The molecule has 1 aromatic heterocycles. The Kier molecular flexibility index (Phi) is 5.68. The molecule has 2 aromatic carbocycles. The van der Waals surface area contributed by atoms with Gasteiger partial charge >= 0.3 is 12.1 Å². The molecule has 3 aromatic rings. The minimum Gasteiger partial charge on any atom is -0.846 e. The summed E-state index contributed by atoms with van der Waals surface area (Å²) >= 11 is 3.43. The molecule has 10 heteroatoms. The Morgan fingerprint density at radius 3 is 2.79 bits per heavy atom. The molecular weight excluding hydrogens is 441 g/mol. The second-order valence-electron chi connectivity index (χ2n) is 5.94. The molecule has 0 radical (unpaired) electrons. The molecule has 1 N–H and O–H groups in total. The Bertz CT molecular complexity index is 1020. The van der Waals surface area contributed by atoms with E-state index >= 15 is 0 Å². The van der Waals surface area contributed by atoms with Gasteiger partial charge in [-0.15, -0.1) is 0 Å². The van der Waals surface area contributed by atoms with Crippen molar-refractivity contribution < 1.29 is 27.5 Å². The lowest BCUT2D eigenvalue weighted by Gasteiger charge is -2.14. The minimum absolute atomic E-state index is 0.0266. The molecule has 0 aliphatic carbocycles. The van der Waals surface area contributed by atoms with Crippen LogP contribution in [0.3, 0.4) is 0 Å². The number of aliphatic imine (C=N–C) groups is 1. The number of aryl methyl sites for hydroxylation is 1. The lowest BCUT2D eigenvalue weighted by Crippen LogP contribution is -2.35. The first-order chi connectivity index (χ1) is 13.2. The molecule has 0 aliphatic heterocycles. The third-order valence-electron chi connectivity index (χ3n) is 3.72. The zero-order chi connectivity index (χ0) is 20.3. The van der Waals surface area contributed by atoms with Crippen LogP contribution in [0.25, 0.3) is 0 Å². The molecule has 0 unspecified atom stereocenters. The van der Waals surface area contributed by atoms with Crippen LogP contribution in [0.4, 0.5) is 24.7 Å². The fourth-order valence-corrected chi connectivity index (χ4v) is 2.66. The molecule has 0 aliphatic rings. The van der Waals surface area contributed by atoms with Crippen LogP contribution in [0.2, 0.25) is 0 Å². The SMILES string of the molecule is Cc1cc(C[n+]2cc(N=C([O-])Nc3cccc(C(F)(F)F)c3)on2)ccc1Br. The van der Waals surface area contributed by atoms with E-state index in [1.165, 1.54) is 23.0 Å². The van der Waals surface area contributed by atoms with E-state index in [1.54, 1.807) is 0 Å². The van der Waals surface area contributed by atoms with Crippen molar-refractivity contribution in [3.8, 4) is 0 Å². The van der Waals surface area contributed by atoms with E-state index in [0.717, 1.165) is 27.7 Å². The number of amidine groups is 1. The third-order valence-corrected chi connectivity index (χ3v) is 4.61. The Labute approximate surface area is 166 Å². The van der Waals surface area contributed by atoms with E-state index in [2.05, 4.69) is 31.5 Å². The topological polar surface area (TPSA) is 77.4 Å². The van der Waals surface area contributed by atoms with Gasteiger partial charge in [0.25, 0.3) is 6.20 Å². The lowest BCUT2D eigenvalue weighted by atomic mass is 10.1. The van der Waals surface area contributed by atoms with Crippen molar-refractivity contribution in [1.29, 1.82) is 0 Å². The summed E-state index contributed by atoms with van der Waals surface area (Å²) in [4.78, 5) is 3.65. The second kappa shape index (κ2) is 8.01. The summed E-state index contributed by atoms with van der Waals surface area (Å²) in [5.74, 6) is -0.0710. The zero-order valence-corrected chi connectivity index (χ0v) is 16.1. The van der Waals surface area contributed by atoms with Crippen LogP contribution in [-0.4, -0.2) is 11.3 Å². The number of rotatable bonds is 4. The summed E-state index contributed by atoms with van der Waals surface area (Å²) < 4.78 is 45.6. The van der Waals surface area contributed by atoms with Gasteiger partial charge < -0.3 is 10.4 Å². The van der Waals surface area contributed by atoms with E-state index < -0.39 is 17.8 Å². The van der Waals surface area contributed by atoms with Gasteiger partial charge in [0, 0.05) is 15.7 Å². The van der Waals surface area contributed by atoms with Crippen LogP contribution in [-0.2, 0) is 12.7 Å². The van der Waals surface area contributed by atoms with E-state index in [0.29, 0.717) is 6.54 Å². The summed E-state index contributed by atoms with van der Waals surface area (Å²) in [7, 11) is 0. The third kappa shape index (κ3) is 5.10. The standard InChI is InChI=1S/C18H14BrF3N4O2/c1-11-7-12(5-6-15(11)19)9-26-10-16(28-25-26)24-17(27)23-14-4-2-3-13(8-14)18(20,21)22/h2-8,10H,9H2,1H3,(H-,23,24,25,27). The monoisotopic (exact) mass is 454 g/mol. The van der Waals surface area contributed by atoms with Crippen LogP contribution < -0.4 is 15.1 Å². The van der Waals surface area contributed by atoms with Gasteiger partial charge in [-0.05, 0) is 47.5 Å². The number of halogens is 4. The zero-order valence-electron chi connectivity index (χ0n) is 14.5. The maximum absolute atomic E-state index is 12.7. The Morgan fingerprint density at radius 1 is 1.29 bits per heavy atom. The van der Waals surface area contributed by atoms with Crippen LogP contribution >= 0.6 is 15.9 Å². The van der Waals surface area contributed by atoms with Gasteiger partial charge in [0.1, 0.15) is 0 Å². The summed E-state index contributed by atoms with van der Waals surface area (Å²) in [6.07, 6.45) is -3.08. The molecule has 0 spiro atoms. The quantitative estimate of drug-likeness (QED) is 0.371. The molecular formula is C18H14BrF3N4O2. The Hall–Kier alpha value is -2.88. The number of benzene rings is 2. The second-order valence-corrected chi connectivity index (χ2v) is 6.80. The van der Waals surface area contributed by atoms with Crippen molar-refractivity contribution in [2.45, 2.75) is 19.6 Å². The van der Waals surface area contributed by atoms with Gasteiger partial charge in [-0.2, -0.15) is 13.2 Å². The Morgan fingerprint density at radius 2 is 2.07 bits per heavy atom. The maximum atomic E-state index is 12.7. The fraction of sp³-hybridized carbons (Fsp3) is 0.167. The molecule has 1 heterocycles. The molecule has 0 fully saturated rings. The largest absolute Gasteiger partial charge is 0.846 e. The van der Waals surface area contributed by atoms with Crippen molar-refractivity contribution in [1.82, 2.24) is 5.27 Å². The fourth-order valence-electron chi connectivity index (χ4n) is 2.41. The average molecular weight is 455 g/mol. The highest BCUT2D eigenvalue weighted by atomic mass is 79.9. The van der Waals surface area contributed by atoms with Crippen molar-refractivity contribution in [3.63, 3.8) is 0 Å². The van der Waals surface area contributed by atoms with Gasteiger partial charge in [0.15, 0.2) is 0 Å². The van der Waals surface area contributed by atoms with Gasteiger partial charge in [-0.25, -0.2) is 4.99 Å². The van der Waals surface area contributed by atoms with Crippen LogP contribution in [0.5, 0.6) is 0 Å². The van der Waals surface area contributed by atoms with E-state index in [1.807, 2.05) is 25.1 Å². The number of anilines is 1. The molecule has 0 amide bonds. The van der Waals surface area contributed by atoms with Crippen LogP contribution in [0.1, 0.15) is 16.7 Å². The van der Waals surface area contributed by atoms with E-state index in [4.69, 9.17) is 4.52 Å². The van der Waals surface area contributed by atoms with Gasteiger partial charge in [0.2, 0.25) is 11.8 Å². The average Bonchev–Trinajstić information content (AvgIpc) is 3.04. The number of alkyl halides is 3. The molecule has 3 rings (SSSR count). The molecule has 146 valence electrons. The normalized spacial score (nSPS) is 12.2. The number of hydrogen-bond donors (Lipinski definition) is 1. The summed E-state index contributed by atoms with van der Waals surface area (Å²) in [6.45, 7) is 2.36. The van der Waals surface area contributed by atoms with E-state index in [-0.39, 0.29) is 11.6 Å². The van der Waals surface area contributed by atoms with E-state index in [9.17, 15) is 18.3 Å². The van der Waals surface area contributed by atoms with Gasteiger partial charge in [-0.3, -0.25) is 4.52 Å². The Balaban J connectivity index is 1.69. The summed E-state index contributed by atoms with van der Waals surface area (Å²) in [5, 5.41) is 18.0. The number of nitrogens with one attached hydrogen (secondary N) is 1. The highest BCUT2D eigenvalue weighted by molar-refractivity contribution is 9.10. The van der Waals surface area contributed by atoms with Crippen molar-refractivity contribution in [3.05, 3.63) is 69.8 Å². The molecule has 0 atom stereocenters. The lowest BCUT2D eigenvalue weighted by molar-refractivity contribution is -0.754.